The van der Waals surface area contributed by atoms with Crippen LogP contribution in [-0.2, 0) is 17.9 Å². The Morgan fingerprint density at radius 2 is 1.92 bits per heavy atom. The maximum absolute atomic E-state index is 12.8. The number of benzene rings is 1. The minimum Gasteiger partial charge on any atom is -0.484 e. The van der Waals surface area contributed by atoms with E-state index in [0.717, 1.165) is 13.1 Å². The number of carbonyl (C=O) groups excluding carboxylic acids is 1. The summed E-state index contributed by atoms with van der Waals surface area (Å²) >= 11 is 0. The highest BCUT2D eigenvalue weighted by Gasteiger charge is 2.22. The van der Waals surface area contributed by atoms with Gasteiger partial charge in [-0.1, -0.05) is 5.16 Å². The van der Waals surface area contributed by atoms with E-state index in [1.165, 1.54) is 24.3 Å². The van der Waals surface area contributed by atoms with Gasteiger partial charge in [-0.25, -0.2) is 4.39 Å². The lowest BCUT2D eigenvalue weighted by atomic mass is 10.3. The monoisotopic (exact) mass is 385 g/mol. The van der Waals surface area contributed by atoms with E-state index in [4.69, 9.17) is 15.0 Å². The van der Waals surface area contributed by atoms with Gasteiger partial charge in [0.15, 0.2) is 12.4 Å². The molecule has 0 unspecified atom stereocenters. The highest BCUT2D eigenvalue weighted by molar-refractivity contribution is 5.85. The Bertz CT molecular complexity index is 704. The van der Waals surface area contributed by atoms with Crippen LogP contribution in [0.4, 0.5) is 4.39 Å². The van der Waals surface area contributed by atoms with Crippen molar-refractivity contribution >= 4 is 18.3 Å². The van der Waals surface area contributed by atoms with Crippen LogP contribution in [-0.4, -0.2) is 58.6 Å². The van der Waals surface area contributed by atoms with Crippen molar-refractivity contribution in [3.05, 3.63) is 41.8 Å². The smallest absolute Gasteiger partial charge is 0.260 e. The van der Waals surface area contributed by atoms with Gasteiger partial charge in [-0.3, -0.25) is 9.69 Å². The average molecular weight is 386 g/mol. The number of nitrogens with zero attached hydrogens (tertiary/aromatic N) is 4. The number of nitrogens with two attached hydrogens (primary N) is 1. The van der Waals surface area contributed by atoms with Crippen LogP contribution in [0.1, 0.15) is 11.7 Å². The van der Waals surface area contributed by atoms with Gasteiger partial charge in [0.25, 0.3) is 5.91 Å². The Labute approximate surface area is 156 Å². The summed E-state index contributed by atoms with van der Waals surface area (Å²) in [5.74, 6) is 1.06. The van der Waals surface area contributed by atoms with Crippen molar-refractivity contribution in [3.63, 3.8) is 0 Å². The van der Waals surface area contributed by atoms with Gasteiger partial charge in [0.1, 0.15) is 11.6 Å². The van der Waals surface area contributed by atoms with E-state index in [2.05, 4.69) is 15.0 Å². The lowest BCUT2D eigenvalue weighted by Crippen LogP contribution is -2.49. The molecule has 8 nitrogen and oxygen atoms in total. The molecule has 3 rings (SSSR count). The molecular formula is C16H21ClFN5O3. The second kappa shape index (κ2) is 9.46. The molecule has 0 saturated carbocycles. The van der Waals surface area contributed by atoms with Crippen molar-refractivity contribution < 1.29 is 18.4 Å². The van der Waals surface area contributed by atoms with Crippen molar-refractivity contribution in [2.45, 2.75) is 13.1 Å². The third-order valence-electron chi connectivity index (χ3n) is 3.95. The fourth-order valence-corrected chi connectivity index (χ4v) is 2.56. The number of amides is 1. The van der Waals surface area contributed by atoms with Crippen LogP contribution in [0.25, 0.3) is 0 Å². The van der Waals surface area contributed by atoms with Gasteiger partial charge in [0.2, 0.25) is 5.89 Å². The summed E-state index contributed by atoms with van der Waals surface area (Å²) in [4.78, 5) is 20.3. The Morgan fingerprint density at radius 3 is 2.54 bits per heavy atom. The molecule has 1 aromatic heterocycles. The first kappa shape index (κ1) is 20.1. The summed E-state index contributed by atoms with van der Waals surface area (Å²) in [7, 11) is 0. The van der Waals surface area contributed by atoms with E-state index in [-0.39, 0.29) is 37.3 Å². The molecule has 0 atom stereocenters. The Morgan fingerprint density at radius 1 is 1.23 bits per heavy atom. The summed E-state index contributed by atoms with van der Waals surface area (Å²) in [5.41, 5.74) is 5.44. The van der Waals surface area contributed by atoms with E-state index >= 15 is 0 Å². The molecule has 1 aliphatic heterocycles. The van der Waals surface area contributed by atoms with Gasteiger partial charge in [0, 0.05) is 26.2 Å². The van der Waals surface area contributed by atoms with Gasteiger partial charge in [-0.15, -0.1) is 12.4 Å². The number of ether oxygens (including phenoxy) is 1. The van der Waals surface area contributed by atoms with E-state index in [9.17, 15) is 9.18 Å². The Kier molecular flexibility index (Phi) is 7.31. The minimum absolute atomic E-state index is 0. The second-order valence-corrected chi connectivity index (χ2v) is 5.71. The molecule has 142 valence electrons. The molecule has 2 N–H and O–H groups in total. The SMILES string of the molecule is Cl.NCc1nc(CN2CCN(C(=O)COc3ccc(F)cc3)CC2)no1. The summed E-state index contributed by atoms with van der Waals surface area (Å²) in [5, 5.41) is 3.87. The summed E-state index contributed by atoms with van der Waals surface area (Å²) in [6, 6.07) is 5.60. The van der Waals surface area contributed by atoms with Crippen molar-refractivity contribution in [2.75, 3.05) is 32.8 Å². The number of aromatic nitrogens is 2. The van der Waals surface area contributed by atoms with Crippen molar-refractivity contribution in [3.8, 4) is 5.75 Å². The van der Waals surface area contributed by atoms with E-state index < -0.39 is 0 Å². The molecule has 0 spiro atoms. The summed E-state index contributed by atoms with van der Waals surface area (Å²) in [6.45, 7) is 3.38. The third-order valence-corrected chi connectivity index (χ3v) is 3.95. The zero-order valence-corrected chi connectivity index (χ0v) is 15.0. The van der Waals surface area contributed by atoms with Gasteiger partial charge in [0.05, 0.1) is 13.1 Å². The van der Waals surface area contributed by atoms with Gasteiger partial charge in [-0.2, -0.15) is 4.98 Å². The fraction of sp³-hybridized carbons (Fsp3) is 0.438. The molecule has 10 heteroatoms. The number of carbonyl (C=O) groups is 1. The number of rotatable bonds is 6. The second-order valence-electron chi connectivity index (χ2n) is 5.71. The van der Waals surface area contributed by atoms with Crippen LogP contribution < -0.4 is 10.5 Å². The summed E-state index contributed by atoms with van der Waals surface area (Å²) in [6.07, 6.45) is 0. The molecule has 1 saturated heterocycles. The van der Waals surface area contributed by atoms with Crippen LogP contribution in [0.3, 0.4) is 0 Å². The van der Waals surface area contributed by atoms with Crippen LogP contribution in [0.2, 0.25) is 0 Å². The maximum Gasteiger partial charge on any atom is 0.260 e. The van der Waals surface area contributed by atoms with Gasteiger partial charge in [-0.05, 0) is 24.3 Å². The Balaban J connectivity index is 0.00000243. The highest BCUT2D eigenvalue weighted by atomic mass is 35.5. The standard InChI is InChI=1S/C16H20FN5O3.ClH/c17-12-1-3-13(4-2-12)24-11-16(23)22-7-5-21(6-8-22)10-14-19-15(9-18)25-20-14;/h1-4H,5-11,18H2;1H. The predicted molar refractivity (Wildman–Crippen MR) is 93.2 cm³/mol. The first-order valence-electron chi connectivity index (χ1n) is 8.04. The first-order valence-corrected chi connectivity index (χ1v) is 8.04. The molecule has 0 aliphatic carbocycles. The topological polar surface area (TPSA) is 97.7 Å². The molecule has 1 fully saturated rings. The van der Waals surface area contributed by atoms with Gasteiger partial charge < -0.3 is 19.9 Å². The van der Waals surface area contributed by atoms with Crippen molar-refractivity contribution in [2.24, 2.45) is 5.73 Å². The molecule has 1 aliphatic rings. The largest absolute Gasteiger partial charge is 0.484 e. The molecule has 2 heterocycles. The van der Waals surface area contributed by atoms with Crippen LogP contribution in [0.15, 0.2) is 28.8 Å². The first-order chi connectivity index (χ1) is 12.1. The number of hydrogen-bond donors (Lipinski definition) is 1. The fourth-order valence-electron chi connectivity index (χ4n) is 2.56. The van der Waals surface area contributed by atoms with Crippen LogP contribution >= 0.6 is 12.4 Å². The molecule has 1 amide bonds. The maximum atomic E-state index is 12.8. The molecule has 1 aromatic carbocycles. The van der Waals surface area contributed by atoms with Crippen molar-refractivity contribution in [1.82, 2.24) is 19.9 Å². The molecule has 26 heavy (non-hydrogen) atoms. The molecule has 2 aromatic rings. The third kappa shape index (κ3) is 5.38. The normalized spacial score (nSPS) is 14.8. The number of halogens is 2. The number of piperazine rings is 1. The number of hydrogen-bond acceptors (Lipinski definition) is 7. The highest BCUT2D eigenvalue weighted by Crippen LogP contribution is 2.12. The lowest BCUT2D eigenvalue weighted by Gasteiger charge is -2.33. The zero-order valence-electron chi connectivity index (χ0n) is 14.1. The zero-order chi connectivity index (χ0) is 17.6. The van der Waals surface area contributed by atoms with E-state index in [1.54, 1.807) is 4.90 Å². The molecular weight excluding hydrogens is 365 g/mol. The molecule has 0 radical (unpaired) electrons. The lowest BCUT2D eigenvalue weighted by molar-refractivity contribution is -0.135. The summed E-state index contributed by atoms with van der Waals surface area (Å²) < 4.78 is 23.2. The predicted octanol–water partition coefficient (Wildman–Crippen LogP) is 0.812. The minimum atomic E-state index is -0.338. The van der Waals surface area contributed by atoms with E-state index in [0.29, 0.717) is 37.1 Å². The quantitative estimate of drug-likeness (QED) is 0.785. The van der Waals surface area contributed by atoms with E-state index in [1.807, 2.05) is 0 Å². The Hall–Kier alpha value is -2.23. The van der Waals surface area contributed by atoms with Crippen molar-refractivity contribution in [1.29, 1.82) is 0 Å². The van der Waals surface area contributed by atoms with Crippen LogP contribution in [0, 0.1) is 5.82 Å². The average Bonchev–Trinajstić information content (AvgIpc) is 3.09. The van der Waals surface area contributed by atoms with Gasteiger partial charge >= 0.3 is 0 Å². The van der Waals surface area contributed by atoms with Crippen LogP contribution in [0.5, 0.6) is 5.75 Å². The molecule has 0 bridgehead atoms.